The van der Waals surface area contributed by atoms with Gasteiger partial charge in [-0.25, -0.2) is 0 Å². The zero-order valence-corrected chi connectivity index (χ0v) is 12.6. The summed E-state index contributed by atoms with van der Waals surface area (Å²) in [5, 5.41) is 3.55. The van der Waals surface area contributed by atoms with Crippen LogP contribution in [-0.2, 0) is 0 Å². The van der Waals surface area contributed by atoms with Gasteiger partial charge in [0, 0.05) is 12.6 Å². The highest BCUT2D eigenvalue weighted by atomic mass is 15.2. The molecule has 3 nitrogen and oxygen atoms in total. The largest absolute Gasteiger partial charge is 0.315 e. The lowest BCUT2D eigenvalue weighted by atomic mass is 10.1. The van der Waals surface area contributed by atoms with Crippen molar-refractivity contribution >= 4 is 0 Å². The van der Waals surface area contributed by atoms with Crippen LogP contribution in [0.2, 0.25) is 0 Å². The van der Waals surface area contributed by atoms with Crippen LogP contribution in [0.1, 0.15) is 39.5 Å². The molecule has 0 aliphatic heterocycles. The van der Waals surface area contributed by atoms with E-state index in [1.807, 2.05) is 0 Å². The highest BCUT2D eigenvalue weighted by molar-refractivity contribution is 4.71. The summed E-state index contributed by atoms with van der Waals surface area (Å²) in [6.07, 6.45) is 5.06. The zero-order chi connectivity index (χ0) is 13.1. The van der Waals surface area contributed by atoms with Crippen LogP contribution in [0.3, 0.4) is 0 Å². The molecule has 104 valence electrons. The summed E-state index contributed by atoms with van der Waals surface area (Å²) >= 11 is 0. The third kappa shape index (κ3) is 9.57. The molecule has 0 fully saturated rings. The van der Waals surface area contributed by atoms with Crippen LogP contribution in [0.15, 0.2) is 0 Å². The van der Waals surface area contributed by atoms with Crippen molar-refractivity contribution < 1.29 is 0 Å². The van der Waals surface area contributed by atoms with E-state index in [0.717, 1.165) is 13.1 Å². The Morgan fingerprint density at radius 3 is 2.24 bits per heavy atom. The number of hydrogen-bond donors (Lipinski definition) is 1. The standard InChI is InChI=1S/C14H33N3/c1-6-9-14(13-15-10-7-2)17(5)12-8-11-16(3)4/h14-15H,6-13H2,1-5H3. The first-order chi connectivity index (χ1) is 8.11. The van der Waals surface area contributed by atoms with E-state index >= 15 is 0 Å². The molecule has 0 amide bonds. The minimum Gasteiger partial charge on any atom is -0.315 e. The summed E-state index contributed by atoms with van der Waals surface area (Å²) in [5.41, 5.74) is 0. The third-order valence-corrected chi connectivity index (χ3v) is 3.17. The van der Waals surface area contributed by atoms with Crippen LogP contribution in [0.5, 0.6) is 0 Å². The summed E-state index contributed by atoms with van der Waals surface area (Å²) in [5.74, 6) is 0. The van der Waals surface area contributed by atoms with Gasteiger partial charge in [-0.1, -0.05) is 20.3 Å². The normalized spacial score (nSPS) is 13.6. The number of rotatable bonds is 11. The third-order valence-electron chi connectivity index (χ3n) is 3.17. The minimum atomic E-state index is 0.703. The quantitative estimate of drug-likeness (QED) is 0.560. The molecule has 0 saturated heterocycles. The Hall–Kier alpha value is -0.120. The van der Waals surface area contributed by atoms with E-state index in [-0.39, 0.29) is 0 Å². The Bertz CT molecular complexity index is 160. The topological polar surface area (TPSA) is 18.5 Å². The van der Waals surface area contributed by atoms with Crippen LogP contribution in [-0.4, -0.2) is 63.2 Å². The number of hydrogen-bond acceptors (Lipinski definition) is 3. The summed E-state index contributed by atoms with van der Waals surface area (Å²) in [6, 6.07) is 0.703. The van der Waals surface area contributed by atoms with E-state index < -0.39 is 0 Å². The van der Waals surface area contributed by atoms with Gasteiger partial charge in [-0.3, -0.25) is 0 Å². The van der Waals surface area contributed by atoms with Crippen molar-refractivity contribution in [2.75, 3.05) is 47.3 Å². The van der Waals surface area contributed by atoms with Gasteiger partial charge in [0.1, 0.15) is 0 Å². The van der Waals surface area contributed by atoms with Crippen LogP contribution < -0.4 is 5.32 Å². The molecule has 0 aromatic carbocycles. The lowest BCUT2D eigenvalue weighted by Crippen LogP contribution is -2.41. The van der Waals surface area contributed by atoms with Gasteiger partial charge < -0.3 is 15.1 Å². The Labute approximate surface area is 109 Å². The molecule has 0 aliphatic carbocycles. The highest BCUT2D eigenvalue weighted by Gasteiger charge is 2.12. The predicted octanol–water partition coefficient (Wildman–Crippen LogP) is 2.04. The summed E-state index contributed by atoms with van der Waals surface area (Å²) in [6.45, 7) is 9.18. The number of likely N-dealkylation sites (N-methyl/N-ethyl adjacent to an activating group) is 1. The molecule has 17 heavy (non-hydrogen) atoms. The molecule has 1 N–H and O–H groups in total. The molecule has 0 aromatic rings. The molecule has 0 heterocycles. The second-order valence-electron chi connectivity index (χ2n) is 5.28. The summed E-state index contributed by atoms with van der Waals surface area (Å²) in [4.78, 5) is 4.79. The minimum absolute atomic E-state index is 0.703. The SMILES string of the molecule is CCCNCC(CCC)N(C)CCCN(C)C. The fourth-order valence-corrected chi connectivity index (χ4v) is 2.08. The van der Waals surface area contributed by atoms with Crippen molar-refractivity contribution in [3.63, 3.8) is 0 Å². The van der Waals surface area contributed by atoms with Gasteiger partial charge in [-0.05, 0) is 60.0 Å². The Kier molecular flexibility index (Phi) is 10.9. The van der Waals surface area contributed by atoms with E-state index in [1.165, 1.54) is 38.8 Å². The van der Waals surface area contributed by atoms with Crippen molar-refractivity contribution in [2.45, 2.75) is 45.6 Å². The first-order valence-corrected chi connectivity index (χ1v) is 7.17. The van der Waals surface area contributed by atoms with E-state index in [9.17, 15) is 0 Å². The summed E-state index contributed by atoms with van der Waals surface area (Å²) in [7, 11) is 6.56. The smallest absolute Gasteiger partial charge is 0.0217 e. The first kappa shape index (κ1) is 16.9. The summed E-state index contributed by atoms with van der Waals surface area (Å²) < 4.78 is 0. The lowest BCUT2D eigenvalue weighted by Gasteiger charge is -2.28. The van der Waals surface area contributed by atoms with Crippen LogP contribution in [0.4, 0.5) is 0 Å². The van der Waals surface area contributed by atoms with Crippen molar-refractivity contribution in [1.82, 2.24) is 15.1 Å². The van der Waals surface area contributed by atoms with Crippen LogP contribution in [0.25, 0.3) is 0 Å². The maximum absolute atomic E-state index is 3.55. The second kappa shape index (κ2) is 11.0. The monoisotopic (exact) mass is 243 g/mol. The molecule has 0 aromatic heterocycles. The van der Waals surface area contributed by atoms with Gasteiger partial charge in [0.05, 0.1) is 0 Å². The molecule has 1 unspecified atom stereocenters. The van der Waals surface area contributed by atoms with E-state index in [0.29, 0.717) is 6.04 Å². The van der Waals surface area contributed by atoms with Crippen molar-refractivity contribution in [3.8, 4) is 0 Å². The number of nitrogens with zero attached hydrogens (tertiary/aromatic N) is 2. The zero-order valence-electron chi connectivity index (χ0n) is 12.6. The van der Waals surface area contributed by atoms with E-state index in [4.69, 9.17) is 0 Å². The predicted molar refractivity (Wildman–Crippen MR) is 77.7 cm³/mol. The molecule has 1 atom stereocenters. The molecule has 0 bridgehead atoms. The van der Waals surface area contributed by atoms with Crippen molar-refractivity contribution in [3.05, 3.63) is 0 Å². The van der Waals surface area contributed by atoms with Crippen molar-refractivity contribution in [2.24, 2.45) is 0 Å². The van der Waals surface area contributed by atoms with Gasteiger partial charge in [0.15, 0.2) is 0 Å². The Morgan fingerprint density at radius 2 is 1.71 bits per heavy atom. The molecule has 0 spiro atoms. The maximum Gasteiger partial charge on any atom is 0.0217 e. The van der Waals surface area contributed by atoms with Gasteiger partial charge in [-0.15, -0.1) is 0 Å². The Morgan fingerprint density at radius 1 is 1.00 bits per heavy atom. The van der Waals surface area contributed by atoms with Crippen molar-refractivity contribution in [1.29, 1.82) is 0 Å². The molecule has 0 radical (unpaired) electrons. The fourth-order valence-electron chi connectivity index (χ4n) is 2.08. The molecular weight excluding hydrogens is 210 g/mol. The molecule has 3 heteroatoms. The van der Waals surface area contributed by atoms with Crippen LogP contribution in [0, 0.1) is 0 Å². The van der Waals surface area contributed by atoms with Gasteiger partial charge in [0.2, 0.25) is 0 Å². The van der Waals surface area contributed by atoms with Gasteiger partial charge in [-0.2, -0.15) is 0 Å². The van der Waals surface area contributed by atoms with E-state index in [2.05, 4.69) is 50.1 Å². The van der Waals surface area contributed by atoms with Gasteiger partial charge in [0.25, 0.3) is 0 Å². The second-order valence-corrected chi connectivity index (χ2v) is 5.28. The fraction of sp³-hybridized carbons (Fsp3) is 1.00. The molecule has 0 rings (SSSR count). The first-order valence-electron chi connectivity index (χ1n) is 7.17. The highest BCUT2D eigenvalue weighted by Crippen LogP contribution is 2.05. The maximum atomic E-state index is 3.55. The van der Waals surface area contributed by atoms with Gasteiger partial charge >= 0.3 is 0 Å². The van der Waals surface area contributed by atoms with Crippen LogP contribution >= 0.6 is 0 Å². The average molecular weight is 243 g/mol. The molecule has 0 aliphatic rings. The lowest BCUT2D eigenvalue weighted by molar-refractivity contribution is 0.212. The van der Waals surface area contributed by atoms with E-state index in [1.54, 1.807) is 0 Å². The molecular formula is C14H33N3. The Balaban J connectivity index is 3.83. The number of nitrogens with one attached hydrogen (secondary N) is 1. The average Bonchev–Trinajstić information content (AvgIpc) is 2.27. The molecule has 0 saturated carbocycles.